The molecular formula is C28H32FN3O2. The van der Waals surface area contributed by atoms with Crippen molar-refractivity contribution < 1.29 is 14.3 Å². The highest BCUT2D eigenvalue weighted by Crippen LogP contribution is 2.27. The minimum Gasteiger partial charge on any atom is -0.392 e. The number of nitrogens with zero attached hydrogens (tertiary/aromatic N) is 3. The predicted molar refractivity (Wildman–Crippen MR) is 132 cm³/mol. The van der Waals surface area contributed by atoms with Gasteiger partial charge in [0.2, 0.25) is 0 Å². The molecule has 0 spiro atoms. The van der Waals surface area contributed by atoms with Crippen molar-refractivity contribution in [2.75, 3.05) is 20.6 Å². The average molecular weight is 462 g/mol. The predicted octanol–water partition coefficient (Wildman–Crippen LogP) is 4.33. The van der Waals surface area contributed by atoms with Gasteiger partial charge in [0.15, 0.2) is 0 Å². The first-order valence-corrected chi connectivity index (χ1v) is 11.8. The van der Waals surface area contributed by atoms with Crippen molar-refractivity contribution in [2.24, 2.45) is 0 Å². The number of aryl methyl sites for hydroxylation is 1. The van der Waals surface area contributed by atoms with E-state index >= 15 is 0 Å². The molecule has 3 aromatic rings. The number of fused-ring (bicyclic) bond motifs is 1. The van der Waals surface area contributed by atoms with E-state index in [9.17, 15) is 14.3 Å². The summed E-state index contributed by atoms with van der Waals surface area (Å²) in [5.74, 6) is -0.366. The van der Waals surface area contributed by atoms with Crippen LogP contribution in [0.5, 0.6) is 0 Å². The van der Waals surface area contributed by atoms with Gasteiger partial charge in [-0.25, -0.2) is 4.39 Å². The largest absolute Gasteiger partial charge is 0.392 e. The Labute approximate surface area is 200 Å². The van der Waals surface area contributed by atoms with Crippen molar-refractivity contribution in [3.8, 4) is 11.1 Å². The summed E-state index contributed by atoms with van der Waals surface area (Å²) in [5, 5.41) is 9.59. The third-order valence-corrected chi connectivity index (χ3v) is 6.53. The summed E-state index contributed by atoms with van der Waals surface area (Å²) in [4.78, 5) is 21.4. The lowest BCUT2D eigenvalue weighted by atomic mass is 9.86. The molecule has 0 saturated carbocycles. The first-order valence-electron chi connectivity index (χ1n) is 11.8. The summed E-state index contributed by atoms with van der Waals surface area (Å²) in [6.07, 6.45) is 4.00. The number of carbonyl (C=O) groups is 1. The number of aliphatic hydroxyl groups is 1. The van der Waals surface area contributed by atoms with Crippen LogP contribution < -0.4 is 0 Å². The lowest BCUT2D eigenvalue weighted by molar-refractivity contribution is 0.0713. The topological polar surface area (TPSA) is 56.7 Å². The fourth-order valence-corrected chi connectivity index (χ4v) is 4.73. The van der Waals surface area contributed by atoms with Crippen LogP contribution in [0.4, 0.5) is 4.39 Å². The van der Waals surface area contributed by atoms with E-state index in [2.05, 4.69) is 28.1 Å². The molecule has 34 heavy (non-hydrogen) atoms. The number of aliphatic hydroxyl groups excluding tert-OH is 1. The number of halogens is 1. The van der Waals surface area contributed by atoms with Gasteiger partial charge in [-0.05, 0) is 73.7 Å². The van der Waals surface area contributed by atoms with Crippen LogP contribution in [0.2, 0.25) is 0 Å². The van der Waals surface area contributed by atoms with Crippen molar-refractivity contribution in [3.05, 3.63) is 89.0 Å². The number of likely N-dealkylation sites (N-methyl/N-ethyl adjacent to an activating group) is 2. The zero-order valence-electron chi connectivity index (χ0n) is 20.0. The van der Waals surface area contributed by atoms with E-state index in [0.717, 1.165) is 36.9 Å². The van der Waals surface area contributed by atoms with Gasteiger partial charge in [0.05, 0.1) is 6.10 Å². The summed E-state index contributed by atoms with van der Waals surface area (Å²) in [7, 11) is 3.87. The van der Waals surface area contributed by atoms with Crippen molar-refractivity contribution in [3.63, 3.8) is 0 Å². The second kappa shape index (κ2) is 10.5. The summed E-state index contributed by atoms with van der Waals surface area (Å²) in [6, 6.07) is 16.6. The lowest BCUT2D eigenvalue weighted by Gasteiger charge is -2.32. The molecule has 0 saturated heterocycles. The van der Waals surface area contributed by atoms with E-state index in [1.54, 1.807) is 31.3 Å². The summed E-state index contributed by atoms with van der Waals surface area (Å²) in [5.41, 5.74) is 6.01. The van der Waals surface area contributed by atoms with Gasteiger partial charge in [-0.15, -0.1) is 0 Å². The van der Waals surface area contributed by atoms with E-state index in [0.29, 0.717) is 12.2 Å². The molecule has 0 fully saturated rings. The van der Waals surface area contributed by atoms with Crippen LogP contribution in [0.1, 0.15) is 40.5 Å². The molecule has 1 aliphatic carbocycles. The number of pyridine rings is 1. The lowest BCUT2D eigenvalue weighted by Crippen LogP contribution is -2.41. The first kappa shape index (κ1) is 24.0. The minimum absolute atomic E-state index is 0.0875. The SMILES string of the molecule is CC(O)CN(C)Cc1ccc2c(c1)CCC(N(C)C(=O)c1ccc(-c3ccc(F)cc3)cn1)C2. The molecule has 1 aromatic heterocycles. The van der Waals surface area contributed by atoms with Gasteiger partial charge in [-0.2, -0.15) is 0 Å². The van der Waals surface area contributed by atoms with Gasteiger partial charge in [0, 0.05) is 37.9 Å². The molecule has 178 valence electrons. The van der Waals surface area contributed by atoms with Crippen LogP contribution in [-0.4, -0.2) is 58.6 Å². The zero-order valence-corrected chi connectivity index (χ0v) is 20.0. The molecule has 2 unspecified atom stereocenters. The quantitative estimate of drug-likeness (QED) is 0.569. The Hall–Kier alpha value is -3.09. The van der Waals surface area contributed by atoms with E-state index in [4.69, 9.17) is 0 Å². The van der Waals surface area contributed by atoms with Crippen LogP contribution in [0.25, 0.3) is 11.1 Å². The van der Waals surface area contributed by atoms with Crippen LogP contribution >= 0.6 is 0 Å². The summed E-state index contributed by atoms with van der Waals surface area (Å²) in [6.45, 7) is 3.25. The van der Waals surface area contributed by atoms with E-state index in [-0.39, 0.29) is 23.9 Å². The van der Waals surface area contributed by atoms with E-state index < -0.39 is 0 Å². The average Bonchev–Trinajstić information content (AvgIpc) is 2.83. The van der Waals surface area contributed by atoms with E-state index in [1.807, 2.05) is 25.1 Å². The van der Waals surface area contributed by atoms with Crippen LogP contribution in [0, 0.1) is 5.82 Å². The van der Waals surface area contributed by atoms with Gasteiger partial charge in [0.1, 0.15) is 11.5 Å². The third-order valence-electron chi connectivity index (χ3n) is 6.53. The minimum atomic E-state index is -0.343. The normalized spacial score (nSPS) is 16.2. The maximum Gasteiger partial charge on any atom is 0.272 e. The highest BCUT2D eigenvalue weighted by Gasteiger charge is 2.26. The number of aromatic nitrogens is 1. The summed E-state index contributed by atoms with van der Waals surface area (Å²) >= 11 is 0. The fraction of sp³-hybridized carbons (Fsp3) is 0.357. The molecule has 2 atom stereocenters. The van der Waals surface area contributed by atoms with Crippen LogP contribution in [0.15, 0.2) is 60.8 Å². The molecule has 4 rings (SSSR count). The second-order valence-electron chi connectivity index (χ2n) is 9.40. The Morgan fingerprint density at radius 3 is 2.50 bits per heavy atom. The second-order valence-corrected chi connectivity index (χ2v) is 9.40. The molecule has 2 aromatic carbocycles. The fourth-order valence-electron chi connectivity index (χ4n) is 4.73. The molecule has 1 amide bonds. The highest BCUT2D eigenvalue weighted by molar-refractivity contribution is 5.92. The van der Waals surface area contributed by atoms with E-state index in [1.165, 1.54) is 28.8 Å². The number of hydrogen-bond acceptors (Lipinski definition) is 4. The van der Waals surface area contributed by atoms with Crippen molar-refractivity contribution in [1.29, 1.82) is 0 Å². The van der Waals surface area contributed by atoms with Crippen molar-refractivity contribution in [2.45, 2.75) is 44.9 Å². The van der Waals surface area contributed by atoms with Gasteiger partial charge < -0.3 is 10.0 Å². The maximum absolute atomic E-state index is 13.2. The zero-order chi connectivity index (χ0) is 24.2. The van der Waals surface area contributed by atoms with Crippen LogP contribution in [-0.2, 0) is 19.4 Å². The molecule has 1 aliphatic rings. The highest BCUT2D eigenvalue weighted by atomic mass is 19.1. The van der Waals surface area contributed by atoms with Gasteiger partial charge in [-0.3, -0.25) is 14.7 Å². The number of amides is 1. The standard InChI is InChI=1S/C28H32FN3O2/c1-19(33)17-31(2)18-20-4-5-23-15-26(12-8-22(23)14-20)32(3)28(34)27-13-9-24(16-30-27)21-6-10-25(29)11-7-21/h4-7,9-11,13-14,16,19,26,33H,8,12,15,17-18H2,1-3H3. The Balaban J connectivity index is 1.40. The number of benzene rings is 2. The Kier molecular flexibility index (Phi) is 7.39. The third kappa shape index (κ3) is 5.69. The monoisotopic (exact) mass is 461 g/mol. The molecule has 0 bridgehead atoms. The molecule has 0 radical (unpaired) electrons. The van der Waals surface area contributed by atoms with Gasteiger partial charge >= 0.3 is 0 Å². The van der Waals surface area contributed by atoms with Gasteiger partial charge in [0.25, 0.3) is 5.91 Å². The Morgan fingerprint density at radius 2 is 1.82 bits per heavy atom. The van der Waals surface area contributed by atoms with Crippen molar-refractivity contribution in [1.82, 2.24) is 14.8 Å². The van der Waals surface area contributed by atoms with Gasteiger partial charge in [-0.1, -0.05) is 36.4 Å². The molecule has 0 aliphatic heterocycles. The molecule has 1 N–H and O–H groups in total. The molecule has 5 nitrogen and oxygen atoms in total. The van der Waals surface area contributed by atoms with Crippen molar-refractivity contribution >= 4 is 5.91 Å². The van der Waals surface area contributed by atoms with Crippen LogP contribution in [0.3, 0.4) is 0 Å². The molecule has 1 heterocycles. The number of hydrogen-bond donors (Lipinski definition) is 1. The molecular weight excluding hydrogens is 429 g/mol. The Morgan fingerprint density at radius 1 is 1.09 bits per heavy atom. The number of carbonyl (C=O) groups excluding carboxylic acids is 1. The smallest absolute Gasteiger partial charge is 0.272 e. The molecule has 6 heteroatoms. The maximum atomic E-state index is 13.2. The summed E-state index contributed by atoms with van der Waals surface area (Å²) < 4.78 is 13.2. The number of rotatable bonds is 7. The Bertz CT molecular complexity index is 1130. The first-order chi connectivity index (χ1) is 16.3.